The monoisotopic (exact) mass is 230 g/mol. The Morgan fingerprint density at radius 2 is 1.81 bits per heavy atom. The number of carbonyl (C=O) groups is 1. The highest BCUT2D eigenvalue weighted by atomic mass is 16.5. The van der Waals surface area contributed by atoms with Crippen LogP contribution in [-0.4, -0.2) is 43.2 Å². The van der Waals surface area contributed by atoms with Gasteiger partial charge >= 0.3 is 0 Å². The number of ether oxygens (including phenoxy) is 1. The van der Waals surface area contributed by atoms with Gasteiger partial charge in [-0.15, -0.1) is 0 Å². The fourth-order valence-corrected chi connectivity index (χ4v) is 1.78. The van der Waals surface area contributed by atoms with Crippen molar-refractivity contribution in [1.82, 2.24) is 4.90 Å². The largest absolute Gasteiger partial charge is 0.383 e. The van der Waals surface area contributed by atoms with Gasteiger partial charge in [0.1, 0.15) is 0 Å². The molecule has 0 fully saturated rings. The maximum atomic E-state index is 12.1. The molecule has 1 unspecified atom stereocenters. The van der Waals surface area contributed by atoms with Crippen molar-refractivity contribution in [3.05, 3.63) is 0 Å². The number of nitrogens with two attached hydrogens (primary N) is 1. The molecule has 16 heavy (non-hydrogen) atoms. The topological polar surface area (TPSA) is 55.6 Å². The second kappa shape index (κ2) is 8.53. The first kappa shape index (κ1) is 15.4. The fraction of sp³-hybridized carbons (Fsp3) is 0.917. The summed E-state index contributed by atoms with van der Waals surface area (Å²) in [5.74, 6) is 0.0493. The van der Waals surface area contributed by atoms with Crippen LogP contribution in [0.5, 0.6) is 0 Å². The SMILES string of the molecule is CCC(N)C(=O)N(CCOC)C(CC)CC. The second-order valence-corrected chi connectivity index (χ2v) is 4.01. The zero-order valence-electron chi connectivity index (χ0n) is 11.0. The van der Waals surface area contributed by atoms with Crippen molar-refractivity contribution in [2.75, 3.05) is 20.3 Å². The van der Waals surface area contributed by atoms with Crippen LogP contribution in [-0.2, 0) is 9.53 Å². The minimum absolute atomic E-state index is 0.0493. The van der Waals surface area contributed by atoms with Gasteiger partial charge in [-0.3, -0.25) is 4.79 Å². The van der Waals surface area contributed by atoms with Gasteiger partial charge in [-0.1, -0.05) is 20.8 Å². The molecule has 0 rings (SSSR count). The summed E-state index contributed by atoms with van der Waals surface area (Å²) in [6, 6.07) is -0.0993. The summed E-state index contributed by atoms with van der Waals surface area (Å²) >= 11 is 0. The van der Waals surface area contributed by atoms with Crippen LogP contribution < -0.4 is 5.73 Å². The Labute approximate surface area is 99.1 Å². The molecule has 0 aliphatic heterocycles. The molecule has 1 atom stereocenters. The Hall–Kier alpha value is -0.610. The summed E-state index contributed by atoms with van der Waals surface area (Å²) < 4.78 is 5.04. The lowest BCUT2D eigenvalue weighted by molar-refractivity contribution is -0.136. The molecule has 0 aromatic carbocycles. The summed E-state index contributed by atoms with van der Waals surface area (Å²) in [5, 5.41) is 0. The van der Waals surface area contributed by atoms with Crippen molar-refractivity contribution in [1.29, 1.82) is 0 Å². The van der Waals surface area contributed by atoms with Gasteiger partial charge < -0.3 is 15.4 Å². The van der Waals surface area contributed by atoms with Gasteiger partial charge in [0.05, 0.1) is 12.6 Å². The van der Waals surface area contributed by atoms with E-state index in [0.29, 0.717) is 19.6 Å². The van der Waals surface area contributed by atoms with Crippen molar-refractivity contribution in [3.63, 3.8) is 0 Å². The van der Waals surface area contributed by atoms with Crippen LogP contribution in [0.1, 0.15) is 40.0 Å². The van der Waals surface area contributed by atoms with Crippen molar-refractivity contribution in [2.45, 2.75) is 52.1 Å². The number of hydrogen-bond donors (Lipinski definition) is 1. The van der Waals surface area contributed by atoms with Crippen molar-refractivity contribution < 1.29 is 9.53 Å². The molecule has 1 amide bonds. The molecule has 0 radical (unpaired) electrons. The third-order valence-electron chi connectivity index (χ3n) is 2.96. The lowest BCUT2D eigenvalue weighted by atomic mass is 10.1. The van der Waals surface area contributed by atoms with E-state index in [4.69, 9.17) is 10.5 Å². The van der Waals surface area contributed by atoms with Gasteiger partial charge in [0.15, 0.2) is 0 Å². The van der Waals surface area contributed by atoms with Crippen LogP contribution in [0.4, 0.5) is 0 Å². The summed E-state index contributed by atoms with van der Waals surface area (Å²) in [4.78, 5) is 14.0. The van der Waals surface area contributed by atoms with E-state index in [1.54, 1.807) is 7.11 Å². The van der Waals surface area contributed by atoms with Crippen LogP contribution in [0.25, 0.3) is 0 Å². The molecule has 0 aliphatic rings. The first-order chi connectivity index (χ1) is 7.62. The Balaban J connectivity index is 4.56. The Morgan fingerprint density at radius 1 is 1.25 bits per heavy atom. The Kier molecular flexibility index (Phi) is 8.21. The van der Waals surface area contributed by atoms with E-state index in [1.165, 1.54) is 0 Å². The smallest absolute Gasteiger partial charge is 0.239 e. The molecule has 0 heterocycles. The van der Waals surface area contributed by atoms with Gasteiger partial charge in [0.2, 0.25) is 5.91 Å². The molecule has 0 aromatic rings. The average molecular weight is 230 g/mol. The van der Waals surface area contributed by atoms with E-state index in [9.17, 15) is 4.79 Å². The third-order valence-corrected chi connectivity index (χ3v) is 2.96. The van der Waals surface area contributed by atoms with Crippen molar-refractivity contribution >= 4 is 5.91 Å². The molecule has 4 nitrogen and oxygen atoms in total. The highest BCUT2D eigenvalue weighted by molar-refractivity contribution is 5.81. The van der Waals surface area contributed by atoms with E-state index in [2.05, 4.69) is 13.8 Å². The average Bonchev–Trinajstić information content (AvgIpc) is 2.32. The first-order valence-electron chi connectivity index (χ1n) is 6.17. The van der Waals surface area contributed by atoms with E-state index in [1.807, 2.05) is 11.8 Å². The summed E-state index contributed by atoms with van der Waals surface area (Å²) in [5.41, 5.74) is 5.80. The van der Waals surface area contributed by atoms with Gasteiger partial charge in [-0.05, 0) is 19.3 Å². The van der Waals surface area contributed by atoms with Crippen molar-refractivity contribution in [3.8, 4) is 0 Å². The van der Waals surface area contributed by atoms with E-state index in [-0.39, 0.29) is 18.0 Å². The Bertz CT molecular complexity index is 193. The maximum Gasteiger partial charge on any atom is 0.239 e. The van der Waals surface area contributed by atoms with Crippen LogP contribution in [0.3, 0.4) is 0 Å². The highest BCUT2D eigenvalue weighted by Gasteiger charge is 2.24. The first-order valence-corrected chi connectivity index (χ1v) is 6.17. The van der Waals surface area contributed by atoms with Crippen LogP contribution in [0.2, 0.25) is 0 Å². The number of hydrogen-bond acceptors (Lipinski definition) is 3. The molecule has 96 valence electrons. The third kappa shape index (κ3) is 4.49. The maximum absolute atomic E-state index is 12.1. The molecule has 0 aromatic heterocycles. The molecule has 0 saturated carbocycles. The van der Waals surface area contributed by atoms with Crippen LogP contribution in [0, 0.1) is 0 Å². The lowest BCUT2D eigenvalue weighted by Crippen LogP contribution is -2.49. The van der Waals surface area contributed by atoms with Gasteiger partial charge in [0, 0.05) is 19.7 Å². The molecular weight excluding hydrogens is 204 g/mol. The normalized spacial score (nSPS) is 12.9. The predicted octanol–water partition coefficient (Wildman–Crippen LogP) is 1.39. The summed E-state index contributed by atoms with van der Waals surface area (Å²) in [6.07, 6.45) is 2.60. The summed E-state index contributed by atoms with van der Waals surface area (Å²) in [7, 11) is 1.65. The quantitative estimate of drug-likeness (QED) is 0.685. The number of nitrogens with zero attached hydrogens (tertiary/aromatic N) is 1. The van der Waals surface area contributed by atoms with Gasteiger partial charge in [-0.2, -0.15) is 0 Å². The highest BCUT2D eigenvalue weighted by Crippen LogP contribution is 2.10. The molecule has 2 N–H and O–H groups in total. The second-order valence-electron chi connectivity index (χ2n) is 4.01. The standard InChI is InChI=1S/C12H26N2O2/c1-5-10(6-2)14(8-9-16-4)12(15)11(13)7-3/h10-11H,5-9,13H2,1-4H3. The minimum atomic E-state index is -0.377. The van der Waals surface area contributed by atoms with Crippen LogP contribution >= 0.6 is 0 Å². The molecule has 0 aliphatic carbocycles. The van der Waals surface area contributed by atoms with Gasteiger partial charge in [-0.25, -0.2) is 0 Å². The fourth-order valence-electron chi connectivity index (χ4n) is 1.78. The minimum Gasteiger partial charge on any atom is -0.383 e. The number of carbonyl (C=O) groups excluding carboxylic acids is 1. The number of amides is 1. The molecule has 0 bridgehead atoms. The zero-order chi connectivity index (χ0) is 12.6. The zero-order valence-corrected chi connectivity index (χ0v) is 11.0. The van der Waals surface area contributed by atoms with Crippen molar-refractivity contribution in [2.24, 2.45) is 5.73 Å². The molecule has 0 spiro atoms. The lowest BCUT2D eigenvalue weighted by Gasteiger charge is -2.32. The van der Waals surface area contributed by atoms with Gasteiger partial charge in [0.25, 0.3) is 0 Å². The molecular formula is C12H26N2O2. The van der Waals surface area contributed by atoms with E-state index < -0.39 is 0 Å². The Morgan fingerprint density at radius 3 is 2.19 bits per heavy atom. The molecule has 0 saturated heterocycles. The number of methoxy groups -OCH3 is 1. The van der Waals surface area contributed by atoms with E-state index in [0.717, 1.165) is 12.8 Å². The summed E-state index contributed by atoms with van der Waals surface area (Å²) in [6.45, 7) is 7.33. The predicted molar refractivity (Wildman–Crippen MR) is 66.2 cm³/mol. The van der Waals surface area contributed by atoms with E-state index >= 15 is 0 Å². The molecule has 4 heteroatoms. The van der Waals surface area contributed by atoms with Crippen LogP contribution in [0.15, 0.2) is 0 Å². The number of rotatable bonds is 8.